The van der Waals surface area contributed by atoms with Gasteiger partial charge in [-0.2, -0.15) is 0 Å². The first kappa shape index (κ1) is 21.6. The number of piperidine rings is 1. The number of allylic oxidation sites excluding steroid dienone is 1. The standard InChI is InChI=1S/C25H27ClN2O3/c1-25(2,3)31-24(30)28-11-8-16(9-12-28)22-20-7-6-19(26)14-21(20)18(15-29)13-17-5-4-10-27-23(17)22/h4-7,10,13-16,22H,8-9,11-12H2,1-3H3. The number of aromatic nitrogens is 1. The number of aldehydes is 1. The van der Waals surface area contributed by atoms with Crippen molar-refractivity contribution in [1.29, 1.82) is 0 Å². The fraction of sp³-hybridized carbons (Fsp3) is 0.400. The highest BCUT2D eigenvalue weighted by molar-refractivity contribution is 6.31. The van der Waals surface area contributed by atoms with Gasteiger partial charge in [-0.25, -0.2) is 4.79 Å². The second kappa shape index (κ2) is 8.46. The molecule has 1 amide bonds. The Balaban J connectivity index is 1.67. The van der Waals surface area contributed by atoms with E-state index in [2.05, 4.69) is 0 Å². The van der Waals surface area contributed by atoms with Crippen LogP contribution in [0.1, 0.15) is 61.9 Å². The van der Waals surface area contributed by atoms with Crippen LogP contribution in [0, 0.1) is 5.92 Å². The number of carbonyl (C=O) groups is 2. The molecule has 2 aromatic rings. The zero-order valence-corrected chi connectivity index (χ0v) is 18.9. The maximum absolute atomic E-state index is 12.5. The van der Waals surface area contributed by atoms with E-state index < -0.39 is 5.60 Å². The van der Waals surface area contributed by atoms with E-state index in [1.54, 1.807) is 11.1 Å². The van der Waals surface area contributed by atoms with Crippen LogP contribution in [0.15, 0.2) is 36.5 Å². The summed E-state index contributed by atoms with van der Waals surface area (Å²) in [6.07, 6.45) is 6.00. The van der Waals surface area contributed by atoms with Gasteiger partial charge < -0.3 is 9.64 Å². The van der Waals surface area contributed by atoms with E-state index in [1.165, 1.54) is 0 Å². The molecule has 2 aliphatic rings. The summed E-state index contributed by atoms with van der Waals surface area (Å²) >= 11 is 6.29. The van der Waals surface area contributed by atoms with Crippen molar-refractivity contribution < 1.29 is 14.3 Å². The van der Waals surface area contributed by atoms with Crippen LogP contribution in [0.25, 0.3) is 11.6 Å². The molecule has 1 aliphatic carbocycles. The summed E-state index contributed by atoms with van der Waals surface area (Å²) < 4.78 is 5.54. The Labute approximate surface area is 188 Å². The van der Waals surface area contributed by atoms with Crippen LogP contribution in [0.2, 0.25) is 5.02 Å². The van der Waals surface area contributed by atoms with Crippen LogP contribution >= 0.6 is 11.6 Å². The molecule has 0 radical (unpaired) electrons. The molecule has 1 fully saturated rings. The third-order valence-electron chi connectivity index (χ3n) is 5.93. The predicted molar refractivity (Wildman–Crippen MR) is 122 cm³/mol. The van der Waals surface area contributed by atoms with Crippen LogP contribution in [-0.4, -0.2) is 41.0 Å². The number of hydrogen-bond donors (Lipinski definition) is 0. The molecule has 1 aromatic heterocycles. The van der Waals surface area contributed by atoms with E-state index in [0.717, 1.165) is 41.5 Å². The summed E-state index contributed by atoms with van der Waals surface area (Å²) in [5.74, 6) is 0.310. The van der Waals surface area contributed by atoms with Gasteiger partial charge in [0.05, 0.1) is 5.69 Å². The van der Waals surface area contributed by atoms with Crippen LogP contribution in [0.3, 0.4) is 0 Å². The van der Waals surface area contributed by atoms with E-state index >= 15 is 0 Å². The molecule has 0 bridgehead atoms. The summed E-state index contributed by atoms with van der Waals surface area (Å²) in [4.78, 5) is 30.9. The average molecular weight is 439 g/mol. The van der Waals surface area contributed by atoms with Crippen LogP contribution < -0.4 is 0 Å². The molecule has 2 heterocycles. The fourth-order valence-electron chi connectivity index (χ4n) is 4.57. The predicted octanol–water partition coefficient (Wildman–Crippen LogP) is 5.57. The van der Waals surface area contributed by atoms with Crippen LogP contribution in [0.4, 0.5) is 4.79 Å². The van der Waals surface area contributed by atoms with Gasteiger partial charge in [0, 0.05) is 35.8 Å². The molecule has 1 aliphatic heterocycles. The van der Waals surface area contributed by atoms with Crippen LogP contribution in [0.5, 0.6) is 0 Å². The van der Waals surface area contributed by atoms with E-state index in [0.29, 0.717) is 23.7 Å². The third-order valence-corrected chi connectivity index (χ3v) is 6.16. The minimum Gasteiger partial charge on any atom is -0.444 e. The topological polar surface area (TPSA) is 59.5 Å². The van der Waals surface area contributed by atoms with Crippen molar-refractivity contribution in [1.82, 2.24) is 9.88 Å². The molecule has 4 rings (SSSR count). The Hall–Kier alpha value is -2.66. The number of rotatable bonds is 2. The molecule has 0 spiro atoms. The highest BCUT2D eigenvalue weighted by Gasteiger charge is 2.36. The number of carbonyl (C=O) groups excluding carboxylic acids is 2. The van der Waals surface area contributed by atoms with E-state index in [4.69, 9.17) is 21.3 Å². The number of ether oxygens (including phenoxy) is 1. The van der Waals surface area contributed by atoms with Crippen molar-refractivity contribution in [3.63, 3.8) is 0 Å². The molecule has 0 N–H and O–H groups in total. The number of fused-ring (bicyclic) bond motifs is 2. The first-order valence-corrected chi connectivity index (χ1v) is 11.0. The Bertz CT molecular complexity index is 1030. The Morgan fingerprint density at radius 2 is 1.97 bits per heavy atom. The van der Waals surface area contributed by atoms with Crippen molar-refractivity contribution in [2.75, 3.05) is 13.1 Å². The normalized spacial score (nSPS) is 19.0. The molecule has 1 atom stereocenters. The lowest BCUT2D eigenvalue weighted by molar-refractivity contribution is -0.103. The number of pyridine rings is 1. The quantitative estimate of drug-likeness (QED) is 0.575. The number of amides is 1. The molecule has 1 aromatic carbocycles. The monoisotopic (exact) mass is 438 g/mol. The molecule has 5 nitrogen and oxygen atoms in total. The lowest BCUT2D eigenvalue weighted by Gasteiger charge is -2.37. The summed E-state index contributed by atoms with van der Waals surface area (Å²) in [5, 5.41) is 0.601. The lowest BCUT2D eigenvalue weighted by Crippen LogP contribution is -2.42. The first-order valence-electron chi connectivity index (χ1n) is 10.7. The first-order chi connectivity index (χ1) is 14.8. The van der Waals surface area contributed by atoms with Gasteiger partial charge >= 0.3 is 6.09 Å². The summed E-state index contributed by atoms with van der Waals surface area (Å²) in [7, 11) is 0. The maximum atomic E-state index is 12.5. The van der Waals surface area contributed by atoms with Gasteiger partial charge in [-0.05, 0) is 80.5 Å². The third kappa shape index (κ3) is 4.52. The molecular weight excluding hydrogens is 412 g/mol. The second-order valence-electron chi connectivity index (χ2n) is 9.21. The van der Waals surface area contributed by atoms with Crippen molar-refractivity contribution in [3.8, 4) is 0 Å². The molecule has 1 unspecified atom stereocenters. The molecule has 31 heavy (non-hydrogen) atoms. The minimum atomic E-state index is -0.507. The van der Waals surface area contributed by atoms with Gasteiger partial charge in [-0.3, -0.25) is 9.78 Å². The SMILES string of the molecule is CC(C)(C)OC(=O)N1CCC(C2c3ccc(Cl)cc3C(C=O)=Cc3cccnc32)CC1. The van der Waals surface area contributed by atoms with Gasteiger partial charge in [0.2, 0.25) is 0 Å². The number of halogens is 1. The number of benzene rings is 1. The molecule has 1 saturated heterocycles. The summed E-state index contributed by atoms with van der Waals surface area (Å²) in [6.45, 7) is 6.91. The van der Waals surface area contributed by atoms with E-state index in [9.17, 15) is 9.59 Å². The fourth-order valence-corrected chi connectivity index (χ4v) is 4.74. The Morgan fingerprint density at radius 3 is 2.65 bits per heavy atom. The van der Waals surface area contributed by atoms with Gasteiger partial charge in [0.1, 0.15) is 5.60 Å². The van der Waals surface area contributed by atoms with Gasteiger partial charge in [0.25, 0.3) is 0 Å². The van der Waals surface area contributed by atoms with Gasteiger partial charge in [0.15, 0.2) is 6.29 Å². The highest BCUT2D eigenvalue weighted by Crippen LogP contribution is 2.44. The van der Waals surface area contributed by atoms with Crippen molar-refractivity contribution in [2.45, 2.75) is 45.1 Å². The molecule has 0 saturated carbocycles. The van der Waals surface area contributed by atoms with Crippen molar-refractivity contribution >= 4 is 35.6 Å². The highest BCUT2D eigenvalue weighted by atomic mass is 35.5. The zero-order valence-electron chi connectivity index (χ0n) is 18.1. The smallest absolute Gasteiger partial charge is 0.410 e. The van der Waals surface area contributed by atoms with Crippen molar-refractivity contribution in [3.05, 3.63) is 63.9 Å². The second-order valence-corrected chi connectivity index (χ2v) is 9.65. The molecule has 6 heteroatoms. The van der Waals surface area contributed by atoms with Crippen molar-refractivity contribution in [2.24, 2.45) is 5.92 Å². The maximum Gasteiger partial charge on any atom is 0.410 e. The minimum absolute atomic E-state index is 0.0259. The lowest BCUT2D eigenvalue weighted by atomic mass is 9.76. The Morgan fingerprint density at radius 1 is 1.23 bits per heavy atom. The number of hydrogen-bond acceptors (Lipinski definition) is 4. The van der Waals surface area contributed by atoms with E-state index in [1.807, 2.05) is 57.2 Å². The van der Waals surface area contributed by atoms with Crippen LogP contribution in [-0.2, 0) is 9.53 Å². The molecular formula is C25H27ClN2O3. The van der Waals surface area contributed by atoms with Gasteiger partial charge in [-0.15, -0.1) is 0 Å². The Kier molecular flexibility index (Phi) is 5.89. The average Bonchev–Trinajstić information content (AvgIpc) is 2.86. The zero-order chi connectivity index (χ0) is 22.2. The summed E-state index contributed by atoms with van der Waals surface area (Å²) in [5.41, 5.74) is 3.96. The summed E-state index contributed by atoms with van der Waals surface area (Å²) in [6, 6.07) is 9.65. The van der Waals surface area contributed by atoms with Gasteiger partial charge in [-0.1, -0.05) is 23.7 Å². The molecule has 162 valence electrons. The number of nitrogens with zero attached hydrogens (tertiary/aromatic N) is 2. The number of likely N-dealkylation sites (tertiary alicyclic amines) is 1. The largest absolute Gasteiger partial charge is 0.444 e. The van der Waals surface area contributed by atoms with E-state index in [-0.39, 0.29) is 17.9 Å².